The van der Waals surface area contributed by atoms with E-state index in [0.717, 1.165) is 58.1 Å². The van der Waals surface area contributed by atoms with Crippen molar-refractivity contribution in [3.63, 3.8) is 0 Å². The molecule has 2 heterocycles. The van der Waals surface area contributed by atoms with E-state index in [1.807, 2.05) is 72.8 Å². The van der Waals surface area contributed by atoms with Crippen molar-refractivity contribution in [2.45, 2.75) is 70.2 Å². The number of ether oxygens (including phenoxy) is 6. The molecule has 292 valence electrons. The summed E-state index contributed by atoms with van der Waals surface area (Å²) in [7, 11) is 6.72. The Kier molecular flexibility index (Phi) is 16.2. The van der Waals surface area contributed by atoms with Gasteiger partial charge in [0.1, 0.15) is 35.1 Å². The van der Waals surface area contributed by atoms with Gasteiger partial charge in [0, 0.05) is 22.3 Å². The largest absolute Gasteiger partial charge is 2.00 e. The summed E-state index contributed by atoms with van der Waals surface area (Å²) in [6, 6.07) is 31.9. The first-order valence-corrected chi connectivity index (χ1v) is 17.7. The SMILES string of the molecule is COc1cccc(C2(c3cccc(OC)c3)OC(CC3=N[C@H](CC(C)C)C(c4cccc(OC)c4)(c4cccc(OC)c4)O3)=N[C@@H]2CC(C)C)c1.[Br-].[Br-].[Pd+2]. The first kappa shape index (κ1) is 45.0. The molecule has 2 atom stereocenters. The number of halogens is 2. The Morgan fingerprint density at radius 2 is 0.796 bits per heavy atom. The second kappa shape index (κ2) is 19.5. The molecule has 2 aliphatic rings. The van der Waals surface area contributed by atoms with Crippen LogP contribution < -0.4 is 52.9 Å². The summed E-state index contributed by atoms with van der Waals surface area (Å²) in [4.78, 5) is 10.7. The summed E-state index contributed by atoms with van der Waals surface area (Å²) in [5, 5.41) is 0. The normalized spacial score (nSPS) is 17.8. The zero-order chi connectivity index (χ0) is 36.2. The maximum atomic E-state index is 7.20. The Morgan fingerprint density at radius 1 is 0.519 bits per heavy atom. The molecule has 6 rings (SSSR count). The van der Waals surface area contributed by atoms with E-state index in [1.54, 1.807) is 28.4 Å². The molecule has 0 amide bonds. The van der Waals surface area contributed by atoms with Gasteiger partial charge in [-0.3, -0.25) is 0 Å². The average Bonchev–Trinajstić information content (AvgIpc) is 3.69. The number of aliphatic imine (C=N–C) groups is 2. The van der Waals surface area contributed by atoms with E-state index in [0.29, 0.717) is 23.6 Å². The van der Waals surface area contributed by atoms with Crippen molar-refractivity contribution >= 4 is 11.8 Å². The number of hydrogen-bond donors (Lipinski definition) is 0. The number of rotatable bonds is 14. The maximum Gasteiger partial charge on any atom is 2.00 e. The van der Waals surface area contributed by atoms with E-state index in [-0.39, 0.29) is 72.9 Å². The second-order valence-electron chi connectivity index (χ2n) is 14.1. The standard InChI is InChI=1S/C43H50N2O6.2BrH.Pd/c1-28(2)21-38-42(30-13-9-17-34(23-30)46-5,31-14-10-18-35(24-31)47-6)50-40(44-38)27-41-45-39(22-29(3)4)43(51-41,32-15-11-19-36(25-32)48-7)33-16-12-20-37(26-33)49-8;;;/h9-20,23-26,28-29,38-39H,21-22,27H2,1-8H3;2*1H;/q;;;+2/p-2/t38-,39-;;;/m1.../s1. The molecular formula is C43H50Br2N2O6Pd. The minimum absolute atomic E-state index is 0. The third kappa shape index (κ3) is 9.02. The van der Waals surface area contributed by atoms with Gasteiger partial charge in [-0.25, -0.2) is 9.98 Å². The van der Waals surface area contributed by atoms with E-state index in [9.17, 15) is 0 Å². The molecular weight excluding hydrogens is 907 g/mol. The van der Waals surface area contributed by atoms with Gasteiger partial charge >= 0.3 is 20.4 Å². The zero-order valence-electron chi connectivity index (χ0n) is 32.1. The fraction of sp³-hybridized carbons (Fsp3) is 0.395. The molecule has 54 heavy (non-hydrogen) atoms. The van der Waals surface area contributed by atoms with Crippen LogP contribution in [-0.2, 0) is 41.1 Å². The van der Waals surface area contributed by atoms with Gasteiger partial charge in [-0.15, -0.1) is 0 Å². The van der Waals surface area contributed by atoms with Gasteiger partial charge in [-0.2, -0.15) is 0 Å². The third-order valence-electron chi connectivity index (χ3n) is 9.78. The first-order valence-electron chi connectivity index (χ1n) is 17.7. The molecule has 0 saturated carbocycles. The van der Waals surface area contributed by atoms with Gasteiger partial charge in [0.05, 0.1) is 34.9 Å². The van der Waals surface area contributed by atoms with Gasteiger partial charge in [0.2, 0.25) is 0 Å². The summed E-state index contributed by atoms with van der Waals surface area (Å²) in [5.41, 5.74) is 1.94. The molecule has 0 N–H and O–H groups in total. The summed E-state index contributed by atoms with van der Waals surface area (Å²) >= 11 is 0. The van der Waals surface area contributed by atoms with Crippen LogP contribution in [0.1, 0.15) is 69.2 Å². The number of benzene rings is 4. The predicted molar refractivity (Wildman–Crippen MR) is 202 cm³/mol. The van der Waals surface area contributed by atoms with Gasteiger partial charge in [0.25, 0.3) is 0 Å². The molecule has 11 heteroatoms. The van der Waals surface area contributed by atoms with Crippen molar-refractivity contribution < 1.29 is 82.8 Å². The molecule has 0 spiro atoms. The summed E-state index contributed by atoms with van der Waals surface area (Å²) in [6.45, 7) is 8.86. The summed E-state index contributed by atoms with van der Waals surface area (Å²) in [6.07, 6.45) is 1.87. The number of methoxy groups -OCH3 is 4. The quantitative estimate of drug-likeness (QED) is 0.181. The molecule has 0 aromatic heterocycles. The molecule has 4 aromatic rings. The van der Waals surface area contributed by atoms with Crippen LogP contribution in [0, 0.1) is 11.8 Å². The second-order valence-corrected chi connectivity index (χ2v) is 14.1. The minimum atomic E-state index is -0.935. The Hall–Kier alpha value is -3.36. The van der Waals surface area contributed by atoms with Gasteiger partial charge in [-0.05, 0) is 73.2 Å². The van der Waals surface area contributed by atoms with Crippen molar-refractivity contribution in [2.75, 3.05) is 28.4 Å². The van der Waals surface area contributed by atoms with E-state index in [4.69, 9.17) is 38.4 Å². The minimum Gasteiger partial charge on any atom is -1.00 e. The molecule has 0 radical (unpaired) electrons. The molecule has 8 nitrogen and oxygen atoms in total. The molecule has 2 aliphatic heterocycles. The third-order valence-corrected chi connectivity index (χ3v) is 9.78. The summed E-state index contributed by atoms with van der Waals surface area (Å²) in [5.74, 6) is 4.82. The molecule has 0 aliphatic carbocycles. The van der Waals surface area contributed by atoms with Crippen molar-refractivity contribution in [1.82, 2.24) is 0 Å². The van der Waals surface area contributed by atoms with Crippen LogP contribution in [0.25, 0.3) is 0 Å². The van der Waals surface area contributed by atoms with E-state index in [2.05, 4.69) is 52.0 Å². The van der Waals surface area contributed by atoms with E-state index in [1.165, 1.54) is 0 Å². The fourth-order valence-electron chi connectivity index (χ4n) is 7.47. The van der Waals surface area contributed by atoms with Crippen molar-refractivity contribution in [3.8, 4) is 23.0 Å². The smallest absolute Gasteiger partial charge is 1.00 e. The van der Waals surface area contributed by atoms with Crippen molar-refractivity contribution in [3.05, 3.63) is 119 Å². The van der Waals surface area contributed by atoms with E-state index < -0.39 is 11.2 Å². The van der Waals surface area contributed by atoms with Crippen molar-refractivity contribution in [2.24, 2.45) is 21.8 Å². The van der Waals surface area contributed by atoms with Gasteiger partial charge in [-0.1, -0.05) is 76.2 Å². The van der Waals surface area contributed by atoms with Crippen LogP contribution in [-0.4, -0.2) is 52.3 Å². The van der Waals surface area contributed by atoms with Crippen LogP contribution in [0.2, 0.25) is 0 Å². The predicted octanol–water partition coefficient (Wildman–Crippen LogP) is 2.99. The first-order chi connectivity index (χ1) is 24.6. The van der Waals surface area contributed by atoms with Crippen LogP contribution in [0.3, 0.4) is 0 Å². The molecule has 4 aromatic carbocycles. The average molecular weight is 957 g/mol. The molecule has 0 saturated heterocycles. The topological polar surface area (TPSA) is 80.1 Å². The molecule has 0 unspecified atom stereocenters. The van der Waals surface area contributed by atoms with Crippen LogP contribution in [0.5, 0.6) is 23.0 Å². The van der Waals surface area contributed by atoms with Gasteiger partial charge < -0.3 is 62.4 Å². The number of hydrogen-bond acceptors (Lipinski definition) is 8. The Morgan fingerprint density at radius 3 is 1.04 bits per heavy atom. The maximum absolute atomic E-state index is 7.20. The fourth-order valence-corrected chi connectivity index (χ4v) is 7.47. The van der Waals surface area contributed by atoms with Crippen LogP contribution in [0.15, 0.2) is 107 Å². The van der Waals surface area contributed by atoms with Crippen molar-refractivity contribution in [1.29, 1.82) is 0 Å². The van der Waals surface area contributed by atoms with Crippen LogP contribution >= 0.6 is 0 Å². The monoisotopic (exact) mass is 954 g/mol. The van der Waals surface area contributed by atoms with Gasteiger partial charge in [0.15, 0.2) is 23.0 Å². The van der Waals surface area contributed by atoms with Crippen LogP contribution in [0.4, 0.5) is 0 Å². The zero-order valence-corrected chi connectivity index (χ0v) is 36.8. The van der Waals surface area contributed by atoms with E-state index >= 15 is 0 Å². The Balaban J connectivity index is 0.00000261. The molecule has 0 bridgehead atoms. The Bertz CT molecular complexity index is 1670. The molecule has 0 fully saturated rings. The Labute approximate surface area is 355 Å². The number of nitrogens with zero attached hydrogens (tertiary/aromatic N) is 2. The summed E-state index contributed by atoms with van der Waals surface area (Å²) < 4.78 is 37.2.